The van der Waals surface area contributed by atoms with E-state index < -0.39 is 0 Å². The van der Waals surface area contributed by atoms with Gasteiger partial charge in [0.1, 0.15) is 0 Å². The first kappa shape index (κ1) is 14.4. The van der Waals surface area contributed by atoms with Gasteiger partial charge in [-0.05, 0) is 80.5 Å². The van der Waals surface area contributed by atoms with E-state index in [-0.39, 0.29) is 5.69 Å². The van der Waals surface area contributed by atoms with Gasteiger partial charge < -0.3 is 4.98 Å². The lowest BCUT2D eigenvalue weighted by Crippen LogP contribution is -2.44. The molecular formula is C20H30N2O. The first-order chi connectivity index (χ1) is 11.1. The van der Waals surface area contributed by atoms with Crippen LogP contribution in [0.25, 0.3) is 0 Å². The average Bonchev–Trinajstić information content (AvgIpc) is 3.22. The minimum Gasteiger partial charge on any atom is -0.309 e. The molecule has 23 heavy (non-hydrogen) atoms. The van der Waals surface area contributed by atoms with Crippen LogP contribution < -0.4 is 5.69 Å². The summed E-state index contributed by atoms with van der Waals surface area (Å²) in [7, 11) is 0. The molecule has 0 spiro atoms. The smallest absolute Gasteiger partial charge is 0.309 e. The Bertz CT molecular complexity index is 636. The van der Waals surface area contributed by atoms with Gasteiger partial charge in [-0.15, -0.1) is 0 Å². The molecule has 126 valence electrons. The Morgan fingerprint density at radius 1 is 1.04 bits per heavy atom. The molecule has 0 aliphatic heterocycles. The fourth-order valence-corrected chi connectivity index (χ4v) is 6.51. The van der Waals surface area contributed by atoms with Crippen molar-refractivity contribution < 1.29 is 0 Å². The Labute approximate surface area is 138 Å². The number of imidazole rings is 1. The van der Waals surface area contributed by atoms with Crippen molar-refractivity contribution in [1.82, 2.24) is 9.55 Å². The van der Waals surface area contributed by atoms with E-state index >= 15 is 0 Å². The van der Waals surface area contributed by atoms with Crippen molar-refractivity contribution in [3.63, 3.8) is 0 Å². The average molecular weight is 314 g/mol. The second-order valence-corrected chi connectivity index (χ2v) is 9.39. The van der Waals surface area contributed by atoms with Crippen LogP contribution in [0.2, 0.25) is 0 Å². The fourth-order valence-electron chi connectivity index (χ4n) is 6.51. The summed E-state index contributed by atoms with van der Waals surface area (Å²) in [4.78, 5) is 16.0. The number of aromatic nitrogens is 2. The predicted molar refractivity (Wildman–Crippen MR) is 91.7 cm³/mol. The van der Waals surface area contributed by atoms with Gasteiger partial charge in [-0.1, -0.05) is 13.8 Å². The molecule has 5 aliphatic carbocycles. The molecule has 0 aromatic carbocycles. The van der Waals surface area contributed by atoms with Gasteiger partial charge in [-0.2, -0.15) is 0 Å². The lowest BCUT2D eigenvalue weighted by Gasteiger charge is -2.54. The van der Waals surface area contributed by atoms with Crippen molar-refractivity contribution in [2.24, 2.45) is 29.6 Å². The molecule has 0 unspecified atom stereocenters. The molecule has 4 bridgehead atoms. The van der Waals surface area contributed by atoms with Crippen LogP contribution in [0, 0.1) is 29.6 Å². The van der Waals surface area contributed by atoms with Crippen molar-refractivity contribution in [1.29, 1.82) is 0 Å². The lowest BCUT2D eigenvalue weighted by molar-refractivity contribution is -0.00446. The maximum Gasteiger partial charge on any atom is 0.325 e. The molecule has 1 aromatic rings. The van der Waals surface area contributed by atoms with Gasteiger partial charge in [0.2, 0.25) is 0 Å². The summed E-state index contributed by atoms with van der Waals surface area (Å²) in [6, 6.07) is 0. The summed E-state index contributed by atoms with van der Waals surface area (Å²) in [5, 5.41) is 0. The van der Waals surface area contributed by atoms with E-state index in [1.165, 1.54) is 56.3 Å². The number of hydrogen-bond donors (Lipinski definition) is 1. The quantitative estimate of drug-likeness (QED) is 0.886. The molecule has 1 N–H and O–H groups in total. The first-order valence-electron chi connectivity index (χ1n) is 9.92. The highest BCUT2D eigenvalue weighted by Gasteiger charge is 2.50. The van der Waals surface area contributed by atoms with Gasteiger partial charge in [0, 0.05) is 23.9 Å². The summed E-state index contributed by atoms with van der Waals surface area (Å²) in [6.07, 6.45) is 9.80. The van der Waals surface area contributed by atoms with Crippen LogP contribution in [0.1, 0.15) is 82.0 Å². The standard InChI is InChI=1S/C20H30N2O/c1-11(2)19-18(21-20(23)22(19)10-12-3-4-12)17-15-6-13-5-14(8-15)9-16(17)7-13/h11-17H,3-10H2,1-2H3,(H,21,23). The van der Waals surface area contributed by atoms with Crippen molar-refractivity contribution in [2.75, 3.05) is 0 Å². The van der Waals surface area contributed by atoms with Gasteiger partial charge >= 0.3 is 5.69 Å². The Morgan fingerprint density at radius 2 is 1.65 bits per heavy atom. The topological polar surface area (TPSA) is 37.8 Å². The van der Waals surface area contributed by atoms with E-state index in [9.17, 15) is 4.79 Å². The van der Waals surface area contributed by atoms with Crippen molar-refractivity contribution in [2.45, 2.75) is 77.2 Å². The summed E-state index contributed by atoms with van der Waals surface area (Å²) >= 11 is 0. The molecular weight excluding hydrogens is 284 g/mol. The fraction of sp³-hybridized carbons (Fsp3) is 0.850. The second-order valence-electron chi connectivity index (χ2n) is 9.39. The highest BCUT2D eigenvalue weighted by Crippen LogP contribution is 2.60. The molecule has 0 saturated heterocycles. The summed E-state index contributed by atoms with van der Waals surface area (Å²) < 4.78 is 2.11. The van der Waals surface area contributed by atoms with E-state index in [2.05, 4.69) is 23.4 Å². The van der Waals surface area contributed by atoms with Crippen LogP contribution in [-0.4, -0.2) is 9.55 Å². The normalized spacial score (nSPS) is 38.7. The zero-order valence-corrected chi connectivity index (χ0v) is 14.6. The van der Waals surface area contributed by atoms with Gasteiger partial charge in [-0.3, -0.25) is 4.57 Å². The van der Waals surface area contributed by atoms with Crippen LogP contribution in [0.15, 0.2) is 4.79 Å². The van der Waals surface area contributed by atoms with Crippen molar-refractivity contribution >= 4 is 0 Å². The van der Waals surface area contributed by atoms with E-state index in [4.69, 9.17) is 0 Å². The molecule has 5 aliphatic rings. The predicted octanol–water partition coefficient (Wildman–Crippen LogP) is 4.25. The van der Waals surface area contributed by atoms with Crippen LogP contribution in [0.5, 0.6) is 0 Å². The molecule has 5 fully saturated rings. The largest absolute Gasteiger partial charge is 0.325 e. The van der Waals surface area contributed by atoms with Gasteiger partial charge in [0.25, 0.3) is 0 Å². The van der Waals surface area contributed by atoms with Gasteiger partial charge in [-0.25, -0.2) is 4.79 Å². The molecule has 6 rings (SSSR count). The molecule has 3 nitrogen and oxygen atoms in total. The van der Waals surface area contributed by atoms with Gasteiger partial charge in [0.05, 0.1) is 0 Å². The Hall–Kier alpha value is -0.990. The summed E-state index contributed by atoms with van der Waals surface area (Å²) in [6.45, 7) is 5.49. The molecule has 3 heteroatoms. The molecule has 1 aromatic heterocycles. The third-order valence-corrected chi connectivity index (χ3v) is 7.30. The third-order valence-electron chi connectivity index (χ3n) is 7.30. The molecule has 1 heterocycles. The van der Waals surface area contributed by atoms with E-state index in [1.807, 2.05) is 0 Å². The second kappa shape index (κ2) is 5.00. The number of nitrogens with one attached hydrogen (secondary N) is 1. The SMILES string of the molecule is CC(C)c1c(C2C3CC4CC(C3)CC2C4)[nH]c(=O)n1CC1CC1. The minimum absolute atomic E-state index is 0.171. The highest BCUT2D eigenvalue weighted by molar-refractivity contribution is 5.26. The summed E-state index contributed by atoms with van der Waals surface area (Å²) in [5.41, 5.74) is 2.86. The van der Waals surface area contributed by atoms with Crippen LogP contribution in [0.4, 0.5) is 0 Å². The van der Waals surface area contributed by atoms with Crippen molar-refractivity contribution in [3.8, 4) is 0 Å². The number of rotatable bonds is 4. The maximum atomic E-state index is 12.7. The Balaban J connectivity index is 1.56. The van der Waals surface area contributed by atoms with Crippen molar-refractivity contribution in [3.05, 3.63) is 21.9 Å². The van der Waals surface area contributed by atoms with Gasteiger partial charge in [0.15, 0.2) is 0 Å². The molecule has 5 saturated carbocycles. The maximum absolute atomic E-state index is 12.7. The third kappa shape index (κ3) is 2.26. The number of nitrogens with zero attached hydrogens (tertiary/aromatic N) is 1. The van der Waals surface area contributed by atoms with Crippen LogP contribution in [0.3, 0.4) is 0 Å². The van der Waals surface area contributed by atoms with E-state index in [1.54, 1.807) is 0 Å². The lowest BCUT2D eigenvalue weighted by atomic mass is 9.51. The summed E-state index contributed by atoms with van der Waals surface area (Å²) in [5.74, 6) is 5.53. The molecule has 0 radical (unpaired) electrons. The molecule has 0 amide bonds. The van der Waals surface area contributed by atoms with Crippen LogP contribution >= 0.6 is 0 Å². The number of H-pyrrole nitrogens is 1. The Kier molecular flexibility index (Phi) is 3.12. The monoisotopic (exact) mass is 314 g/mol. The zero-order valence-electron chi connectivity index (χ0n) is 14.6. The van der Waals surface area contributed by atoms with E-state index in [0.29, 0.717) is 11.8 Å². The number of hydrogen-bond acceptors (Lipinski definition) is 1. The highest BCUT2D eigenvalue weighted by atomic mass is 16.1. The Morgan fingerprint density at radius 3 is 2.17 bits per heavy atom. The minimum atomic E-state index is 0.171. The van der Waals surface area contributed by atoms with Crippen LogP contribution in [-0.2, 0) is 6.54 Å². The number of aromatic amines is 1. The first-order valence-corrected chi connectivity index (χ1v) is 9.92. The zero-order chi connectivity index (χ0) is 15.7. The van der Waals surface area contributed by atoms with E-state index in [0.717, 1.165) is 36.1 Å². The molecule has 0 atom stereocenters.